The summed E-state index contributed by atoms with van der Waals surface area (Å²) < 4.78 is 36.8. The summed E-state index contributed by atoms with van der Waals surface area (Å²) in [6, 6.07) is 3.01. The number of carbonyl (C=O) groups excluding carboxylic acids is 1. The molecule has 0 aliphatic carbocycles. The molecule has 0 fully saturated rings. The highest BCUT2D eigenvalue weighted by Crippen LogP contribution is 2.30. The van der Waals surface area contributed by atoms with Gasteiger partial charge in [0.2, 0.25) is 0 Å². The number of hydrogen-bond donors (Lipinski definition) is 0. The van der Waals surface area contributed by atoms with E-state index in [1.165, 1.54) is 13.0 Å². The molecular weight excluding hydrogens is 253 g/mol. The molecule has 0 atom stereocenters. The Morgan fingerprint density at radius 3 is 2.00 bits per heavy atom. The fourth-order valence-electron chi connectivity index (χ4n) is 1.06. The van der Waals surface area contributed by atoms with E-state index in [0.29, 0.717) is 5.56 Å². The van der Waals surface area contributed by atoms with Crippen LogP contribution in [0.15, 0.2) is 18.2 Å². The predicted molar refractivity (Wildman–Crippen MR) is 64.4 cm³/mol. The maximum absolute atomic E-state index is 12.3. The number of halogens is 4. The van der Waals surface area contributed by atoms with Gasteiger partial charge in [0.25, 0.3) is 5.24 Å². The monoisotopic (exact) mass is 268 g/mol. The van der Waals surface area contributed by atoms with Crippen molar-refractivity contribution in [2.45, 2.75) is 34.4 Å². The van der Waals surface area contributed by atoms with E-state index in [1.54, 1.807) is 0 Å². The second kappa shape index (κ2) is 7.33. The molecule has 5 heteroatoms. The highest BCUT2D eigenvalue weighted by Gasteiger charge is 2.31. The third-order valence-corrected chi connectivity index (χ3v) is 1.85. The minimum atomic E-state index is -4.45. The van der Waals surface area contributed by atoms with E-state index < -0.39 is 17.0 Å². The van der Waals surface area contributed by atoms with Crippen LogP contribution in [0.3, 0.4) is 0 Å². The first-order valence-corrected chi connectivity index (χ1v) is 5.07. The predicted octanol–water partition coefficient (Wildman–Crippen LogP) is 5.06. The molecule has 0 unspecified atom stereocenters. The summed E-state index contributed by atoms with van der Waals surface area (Å²) in [5, 5.41) is -0.890. The Morgan fingerprint density at radius 1 is 1.18 bits per heavy atom. The van der Waals surface area contributed by atoms with E-state index in [1.807, 2.05) is 13.8 Å². The van der Waals surface area contributed by atoms with Crippen molar-refractivity contribution in [3.63, 3.8) is 0 Å². The summed E-state index contributed by atoms with van der Waals surface area (Å²) in [5.41, 5.74) is -0.649. The molecule has 0 saturated carbocycles. The number of rotatable bonds is 1. The van der Waals surface area contributed by atoms with Gasteiger partial charge in [0.1, 0.15) is 0 Å². The zero-order valence-electron chi connectivity index (χ0n) is 9.15. The van der Waals surface area contributed by atoms with Gasteiger partial charge in [-0.05, 0) is 42.3 Å². The Hall–Kier alpha value is -1.03. The van der Waals surface area contributed by atoms with Crippen molar-refractivity contribution >= 4 is 16.8 Å². The van der Waals surface area contributed by atoms with E-state index in [9.17, 15) is 18.0 Å². The number of benzene rings is 1. The Balaban J connectivity index is 0. The Kier molecular flexibility index (Phi) is 7.90. The highest BCUT2D eigenvalue weighted by molar-refractivity contribution is 6.67. The van der Waals surface area contributed by atoms with Gasteiger partial charge in [-0.2, -0.15) is 13.2 Å². The quantitative estimate of drug-likeness (QED) is 0.651. The zero-order chi connectivity index (χ0) is 12.9. The first-order chi connectivity index (χ1) is 7.30. The van der Waals surface area contributed by atoms with Crippen LogP contribution < -0.4 is 0 Å². The van der Waals surface area contributed by atoms with Crippen molar-refractivity contribution in [1.29, 1.82) is 0 Å². The van der Waals surface area contributed by atoms with Crippen molar-refractivity contribution in [1.82, 2.24) is 0 Å². The fourth-order valence-corrected chi connectivity index (χ4v) is 1.17. The normalized spacial score (nSPS) is 9.82. The lowest BCUT2D eigenvalue weighted by Gasteiger charge is -2.08. The van der Waals surface area contributed by atoms with Gasteiger partial charge in [-0.3, -0.25) is 4.79 Å². The van der Waals surface area contributed by atoms with Gasteiger partial charge < -0.3 is 0 Å². The highest BCUT2D eigenvalue weighted by atomic mass is 35.5. The van der Waals surface area contributed by atoms with Crippen molar-refractivity contribution in [3.8, 4) is 0 Å². The van der Waals surface area contributed by atoms with Gasteiger partial charge in [-0.25, -0.2) is 0 Å². The van der Waals surface area contributed by atoms with Gasteiger partial charge in [0, 0.05) is 5.56 Å². The van der Waals surface area contributed by atoms with Gasteiger partial charge >= 0.3 is 6.18 Å². The first-order valence-electron chi connectivity index (χ1n) is 4.69. The second-order valence-electron chi connectivity index (χ2n) is 2.86. The SMILES string of the molecule is C.CC.Cc1cc(C(=O)Cl)cc(C(F)(F)F)c1. The van der Waals surface area contributed by atoms with Crippen LogP contribution in [0.25, 0.3) is 0 Å². The summed E-state index contributed by atoms with van der Waals surface area (Å²) in [6.45, 7) is 5.47. The summed E-state index contributed by atoms with van der Waals surface area (Å²) >= 11 is 5.09. The van der Waals surface area contributed by atoms with Crippen molar-refractivity contribution in [2.75, 3.05) is 0 Å². The van der Waals surface area contributed by atoms with Crippen LogP contribution >= 0.6 is 11.6 Å². The molecule has 0 bridgehead atoms. The van der Waals surface area contributed by atoms with Crippen molar-refractivity contribution in [3.05, 3.63) is 34.9 Å². The number of aryl methyl sites for hydroxylation is 1. The molecule has 0 aliphatic rings. The van der Waals surface area contributed by atoms with Gasteiger partial charge in [-0.15, -0.1) is 0 Å². The minimum Gasteiger partial charge on any atom is -0.276 e. The maximum Gasteiger partial charge on any atom is 0.416 e. The lowest BCUT2D eigenvalue weighted by Crippen LogP contribution is -2.06. The Morgan fingerprint density at radius 2 is 1.65 bits per heavy atom. The first kappa shape index (κ1) is 18.3. The molecule has 1 aromatic rings. The van der Waals surface area contributed by atoms with Crippen LogP contribution in [-0.4, -0.2) is 5.24 Å². The largest absolute Gasteiger partial charge is 0.416 e. The van der Waals surface area contributed by atoms with Crippen LogP contribution in [0, 0.1) is 6.92 Å². The number of hydrogen-bond acceptors (Lipinski definition) is 1. The fraction of sp³-hybridized carbons (Fsp3) is 0.417. The van der Waals surface area contributed by atoms with Gasteiger partial charge in [0.05, 0.1) is 5.56 Å². The smallest absolute Gasteiger partial charge is 0.276 e. The molecule has 0 amide bonds. The van der Waals surface area contributed by atoms with E-state index in [4.69, 9.17) is 11.6 Å². The minimum absolute atomic E-state index is 0. The van der Waals surface area contributed by atoms with Crippen LogP contribution in [0.1, 0.15) is 42.8 Å². The van der Waals surface area contributed by atoms with E-state index in [0.717, 1.165) is 12.1 Å². The summed E-state index contributed by atoms with van der Waals surface area (Å²) in [5.74, 6) is 0. The average molecular weight is 269 g/mol. The lowest BCUT2D eigenvalue weighted by atomic mass is 10.1. The standard InChI is InChI=1S/C9H6ClF3O.C2H6.CH4/c1-5-2-6(8(10)14)4-7(3-5)9(11,12)13;1-2;/h2-4H,1H3;1-2H3;1H4. The topological polar surface area (TPSA) is 17.1 Å². The number of alkyl halides is 3. The second-order valence-corrected chi connectivity index (χ2v) is 3.20. The maximum atomic E-state index is 12.3. The summed E-state index contributed by atoms with van der Waals surface area (Å²) in [7, 11) is 0. The molecule has 1 rings (SSSR count). The zero-order valence-corrected chi connectivity index (χ0v) is 9.91. The van der Waals surface area contributed by atoms with Crippen LogP contribution in [0.4, 0.5) is 13.2 Å². The van der Waals surface area contributed by atoms with E-state index in [-0.39, 0.29) is 13.0 Å². The number of carbonyl (C=O) groups is 1. The third-order valence-electron chi connectivity index (χ3n) is 1.63. The van der Waals surface area contributed by atoms with E-state index in [2.05, 4.69) is 0 Å². The van der Waals surface area contributed by atoms with Crippen molar-refractivity contribution in [2.24, 2.45) is 0 Å². The Bertz CT molecular complexity index is 373. The van der Waals surface area contributed by atoms with Gasteiger partial charge in [0.15, 0.2) is 0 Å². The van der Waals surface area contributed by atoms with Gasteiger partial charge in [-0.1, -0.05) is 21.3 Å². The molecule has 1 aromatic carbocycles. The average Bonchev–Trinajstić information content (AvgIpc) is 2.18. The molecule has 0 spiro atoms. The van der Waals surface area contributed by atoms with E-state index >= 15 is 0 Å². The third kappa shape index (κ3) is 5.73. The molecule has 0 saturated heterocycles. The van der Waals surface area contributed by atoms with Crippen LogP contribution in [0.2, 0.25) is 0 Å². The molecular formula is C12H16ClF3O. The van der Waals surface area contributed by atoms with Crippen molar-refractivity contribution < 1.29 is 18.0 Å². The molecule has 0 aliphatic heterocycles. The molecule has 0 aromatic heterocycles. The molecule has 0 heterocycles. The van der Waals surface area contributed by atoms with Crippen LogP contribution in [-0.2, 0) is 6.18 Å². The van der Waals surface area contributed by atoms with Crippen LogP contribution in [0.5, 0.6) is 0 Å². The molecule has 0 radical (unpaired) electrons. The molecule has 1 nitrogen and oxygen atoms in total. The summed E-state index contributed by atoms with van der Waals surface area (Å²) in [4.78, 5) is 10.7. The molecule has 0 N–H and O–H groups in total. The lowest BCUT2D eigenvalue weighted by molar-refractivity contribution is -0.137. The Labute approximate surface area is 105 Å². The molecule has 98 valence electrons. The molecule has 17 heavy (non-hydrogen) atoms. The summed E-state index contributed by atoms with van der Waals surface area (Å²) in [6.07, 6.45) is -4.45.